The van der Waals surface area contributed by atoms with E-state index in [1.807, 2.05) is 0 Å². The Morgan fingerprint density at radius 3 is 2.91 bits per heavy atom. The molecule has 0 amide bonds. The largest absolute Gasteiger partial charge is 0.410 e. The minimum Gasteiger partial charge on any atom is -0.410 e. The third-order valence-electron chi connectivity index (χ3n) is 1.01. The first-order valence-electron chi connectivity index (χ1n) is 2.74. The second-order valence-electron chi connectivity index (χ2n) is 1.74. The highest BCUT2D eigenvalue weighted by molar-refractivity contribution is 6.69. The Morgan fingerprint density at radius 2 is 2.36 bits per heavy atom. The Bertz CT molecular complexity index is 290. The number of pyridine rings is 1. The van der Waals surface area contributed by atoms with Gasteiger partial charge in [-0.15, -0.1) is 0 Å². The Kier molecular flexibility index (Phi) is 2.38. The summed E-state index contributed by atoms with van der Waals surface area (Å²) < 4.78 is 12.4. The van der Waals surface area contributed by atoms with Crippen LogP contribution in [-0.2, 0) is 0 Å². The van der Waals surface area contributed by atoms with Crippen LogP contribution in [0.15, 0.2) is 23.4 Å². The summed E-state index contributed by atoms with van der Waals surface area (Å²) in [4.78, 5) is 3.35. The number of halogens is 2. The molecule has 0 saturated carbocycles. The van der Waals surface area contributed by atoms with Gasteiger partial charge < -0.3 is 5.21 Å². The molecule has 3 nitrogen and oxygen atoms in total. The standard InChI is InChI=1S/C6H4ClFN2O/c7-6(10-11)4-2-1-3-5(8)9-4/h1-3,11H/b10-6-. The Labute approximate surface area is 67.1 Å². The molecule has 0 aromatic carbocycles. The molecule has 0 aliphatic heterocycles. The predicted octanol–water partition coefficient (Wildman–Crippen LogP) is 1.60. The Balaban J connectivity index is 3.06. The number of rotatable bonds is 1. The fraction of sp³-hybridized carbons (Fsp3) is 0. The van der Waals surface area contributed by atoms with E-state index in [4.69, 9.17) is 16.8 Å². The second kappa shape index (κ2) is 3.30. The summed E-state index contributed by atoms with van der Waals surface area (Å²) in [6.45, 7) is 0. The van der Waals surface area contributed by atoms with Crippen molar-refractivity contribution in [3.63, 3.8) is 0 Å². The van der Waals surface area contributed by atoms with Crippen LogP contribution in [0.3, 0.4) is 0 Å². The van der Waals surface area contributed by atoms with Crippen molar-refractivity contribution < 1.29 is 9.60 Å². The lowest BCUT2D eigenvalue weighted by Gasteiger charge is -1.93. The number of oxime groups is 1. The average molecular weight is 175 g/mol. The maximum absolute atomic E-state index is 12.4. The van der Waals surface area contributed by atoms with E-state index in [1.165, 1.54) is 18.2 Å². The molecule has 0 saturated heterocycles. The van der Waals surface area contributed by atoms with Crippen LogP contribution >= 0.6 is 11.6 Å². The van der Waals surface area contributed by atoms with Crippen LogP contribution in [0.4, 0.5) is 4.39 Å². The minimum atomic E-state index is -0.663. The molecule has 1 aromatic heterocycles. The molecule has 0 fully saturated rings. The van der Waals surface area contributed by atoms with Crippen LogP contribution in [0, 0.1) is 5.95 Å². The zero-order chi connectivity index (χ0) is 8.27. The van der Waals surface area contributed by atoms with Crippen LogP contribution in [-0.4, -0.2) is 15.4 Å². The lowest BCUT2D eigenvalue weighted by molar-refractivity contribution is 0.320. The summed E-state index contributed by atoms with van der Waals surface area (Å²) in [5, 5.41) is 10.6. The Morgan fingerprint density at radius 1 is 1.64 bits per heavy atom. The first-order valence-corrected chi connectivity index (χ1v) is 3.12. The maximum atomic E-state index is 12.4. The molecule has 1 aromatic rings. The molecule has 0 unspecified atom stereocenters. The van der Waals surface area contributed by atoms with Crippen molar-refractivity contribution in [2.24, 2.45) is 5.16 Å². The highest BCUT2D eigenvalue weighted by Crippen LogP contribution is 2.02. The molecule has 0 radical (unpaired) electrons. The van der Waals surface area contributed by atoms with Gasteiger partial charge in [-0.05, 0) is 12.1 Å². The summed E-state index contributed by atoms with van der Waals surface area (Å²) in [6.07, 6.45) is 0. The lowest BCUT2D eigenvalue weighted by Crippen LogP contribution is -1.96. The minimum absolute atomic E-state index is 0.106. The van der Waals surface area contributed by atoms with Gasteiger partial charge in [0.25, 0.3) is 0 Å². The van der Waals surface area contributed by atoms with E-state index in [0.29, 0.717) is 0 Å². The van der Waals surface area contributed by atoms with E-state index >= 15 is 0 Å². The molecule has 58 valence electrons. The highest BCUT2D eigenvalue weighted by Gasteiger charge is 2.01. The van der Waals surface area contributed by atoms with Gasteiger partial charge in [-0.25, -0.2) is 4.98 Å². The van der Waals surface area contributed by atoms with Gasteiger partial charge in [-0.1, -0.05) is 22.8 Å². The van der Waals surface area contributed by atoms with Crippen molar-refractivity contribution in [2.75, 3.05) is 0 Å². The van der Waals surface area contributed by atoms with E-state index in [1.54, 1.807) is 0 Å². The van der Waals surface area contributed by atoms with Gasteiger partial charge in [0.05, 0.1) is 0 Å². The molecule has 0 aliphatic carbocycles. The summed E-state index contributed by atoms with van der Waals surface area (Å²) in [5.41, 5.74) is 0.106. The van der Waals surface area contributed by atoms with Crippen molar-refractivity contribution in [1.29, 1.82) is 0 Å². The normalized spacial score (nSPS) is 11.6. The average Bonchev–Trinajstić information content (AvgIpc) is 2.03. The van der Waals surface area contributed by atoms with E-state index in [-0.39, 0.29) is 10.9 Å². The van der Waals surface area contributed by atoms with E-state index in [2.05, 4.69) is 10.1 Å². The third-order valence-corrected chi connectivity index (χ3v) is 1.28. The fourth-order valence-corrected chi connectivity index (χ4v) is 0.680. The predicted molar refractivity (Wildman–Crippen MR) is 38.4 cm³/mol. The first-order chi connectivity index (χ1) is 5.24. The third kappa shape index (κ3) is 1.88. The topological polar surface area (TPSA) is 45.5 Å². The van der Waals surface area contributed by atoms with Crippen LogP contribution in [0.25, 0.3) is 0 Å². The molecular weight excluding hydrogens is 171 g/mol. The van der Waals surface area contributed by atoms with Crippen molar-refractivity contribution >= 4 is 16.8 Å². The molecule has 5 heteroatoms. The highest BCUT2D eigenvalue weighted by atomic mass is 35.5. The van der Waals surface area contributed by atoms with Gasteiger partial charge in [0.15, 0.2) is 5.17 Å². The van der Waals surface area contributed by atoms with Crippen molar-refractivity contribution in [1.82, 2.24) is 4.98 Å². The second-order valence-corrected chi connectivity index (χ2v) is 2.09. The van der Waals surface area contributed by atoms with Crippen molar-refractivity contribution in [3.05, 3.63) is 29.8 Å². The number of hydrogen-bond acceptors (Lipinski definition) is 3. The van der Waals surface area contributed by atoms with E-state index in [9.17, 15) is 4.39 Å². The van der Waals surface area contributed by atoms with Crippen molar-refractivity contribution in [2.45, 2.75) is 0 Å². The van der Waals surface area contributed by atoms with Gasteiger partial charge >= 0.3 is 0 Å². The molecule has 1 N–H and O–H groups in total. The molecular formula is C6H4ClFN2O. The summed E-state index contributed by atoms with van der Waals surface area (Å²) in [6, 6.07) is 4.03. The zero-order valence-corrected chi connectivity index (χ0v) is 6.09. The zero-order valence-electron chi connectivity index (χ0n) is 5.33. The summed E-state index contributed by atoms with van der Waals surface area (Å²) in [7, 11) is 0. The lowest BCUT2D eigenvalue weighted by atomic mass is 10.4. The SMILES string of the molecule is O/N=C(\Cl)c1cccc(F)n1. The van der Waals surface area contributed by atoms with Crippen LogP contribution in [0.2, 0.25) is 0 Å². The number of aromatic nitrogens is 1. The molecule has 0 spiro atoms. The molecule has 1 rings (SSSR count). The van der Waals surface area contributed by atoms with Crippen LogP contribution < -0.4 is 0 Å². The van der Waals surface area contributed by atoms with Crippen LogP contribution in [0.5, 0.6) is 0 Å². The Hall–Kier alpha value is -1.16. The molecule has 0 atom stereocenters. The number of nitrogens with zero attached hydrogens (tertiary/aromatic N) is 2. The van der Waals surface area contributed by atoms with E-state index in [0.717, 1.165) is 0 Å². The first kappa shape index (κ1) is 7.94. The smallest absolute Gasteiger partial charge is 0.213 e. The van der Waals surface area contributed by atoms with Gasteiger partial charge in [-0.3, -0.25) is 0 Å². The molecule has 1 heterocycles. The number of hydrogen-bond donors (Lipinski definition) is 1. The summed E-state index contributed by atoms with van der Waals surface area (Å²) >= 11 is 5.33. The maximum Gasteiger partial charge on any atom is 0.213 e. The fourth-order valence-electron chi connectivity index (χ4n) is 0.574. The van der Waals surface area contributed by atoms with Gasteiger partial charge in [0.1, 0.15) is 5.69 Å². The quantitative estimate of drug-likeness (QED) is 0.304. The van der Waals surface area contributed by atoms with Gasteiger partial charge in [-0.2, -0.15) is 4.39 Å². The molecule has 0 bridgehead atoms. The monoisotopic (exact) mass is 174 g/mol. The molecule has 0 aliphatic rings. The van der Waals surface area contributed by atoms with Gasteiger partial charge in [0.2, 0.25) is 5.95 Å². The van der Waals surface area contributed by atoms with Gasteiger partial charge in [0, 0.05) is 0 Å². The van der Waals surface area contributed by atoms with Crippen molar-refractivity contribution in [3.8, 4) is 0 Å². The molecule has 11 heavy (non-hydrogen) atoms. The summed E-state index contributed by atoms with van der Waals surface area (Å²) in [5.74, 6) is -0.663. The van der Waals surface area contributed by atoms with Crippen LogP contribution in [0.1, 0.15) is 5.69 Å². The van der Waals surface area contributed by atoms with E-state index < -0.39 is 5.95 Å².